The highest BCUT2D eigenvalue weighted by Gasteiger charge is 2.24. The maximum atomic E-state index is 12.3. The van der Waals surface area contributed by atoms with Crippen molar-refractivity contribution in [3.63, 3.8) is 0 Å². The predicted octanol–water partition coefficient (Wildman–Crippen LogP) is 3.68. The summed E-state index contributed by atoms with van der Waals surface area (Å²) in [5.41, 5.74) is 0.208. The van der Waals surface area contributed by atoms with Crippen LogP contribution in [0.15, 0.2) is 51.7 Å². The third kappa shape index (κ3) is 3.25. The van der Waals surface area contributed by atoms with Crippen molar-refractivity contribution in [3.8, 4) is 39.7 Å². The molecular formula is C23H16O9. The highest BCUT2D eigenvalue weighted by molar-refractivity contribution is 6.07. The first-order valence-electron chi connectivity index (χ1n) is 9.21. The molecule has 1 heterocycles. The Morgan fingerprint density at radius 3 is 2.19 bits per heavy atom. The number of carboxylic acids is 2. The molecule has 0 fully saturated rings. The molecule has 2 aromatic carbocycles. The van der Waals surface area contributed by atoms with Crippen LogP contribution in [0.3, 0.4) is 0 Å². The second-order valence-corrected chi connectivity index (χ2v) is 6.87. The van der Waals surface area contributed by atoms with E-state index in [2.05, 4.69) is 0 Å². The Morgan fingerprint density at radius 1 is 0.875 bits per heavy atom. The van der Waals surface area contributed by atoms with Crippen LogP contribution in [-0.2, 0) is 0 Å². The van der Waals surface area contributed by atoms with Gasteiger partial charge < -0.3 is 29.2 Å². The number of carbonyl (C=O) groups is 2. The highest BCUT2D eigenvalue weighted by atomic mass is 16.5. The molecule has 0 spiro atoms. The van der Waals surface area contributed by atoms with E-state index in [4.69, 9.17) is 13.9 Å². The van der Waals surface area contributed by atoms with Gasteiger partial charge in [-0.3, -0.25) is 4.79 Å². The fourth-order valence-electron chi connectivity index (χ4n) is 3.61. The standard InChI is InChI=1S/C23H16O9/c1-30-19-6-13-17(8-15(19)24)32-18-9-16(25)20(31-2)7-14(18)21(13)10-3-4-11(22(26)27)12(5-10)23(28)29/h3-9,24H,1-2H3,(H,26,27)(H,28,29). The first kappa shape index (κ1) is 20.7. The Bertz CT molecular complexity index is 1430. The molecule has 32 heavy (non-hydrogen) atoms. The van der Waals surface area contributed by atoms with Gasteiger partial charge >= 0.3 is 11.9 Å². The summed E-state index contributed by atoms with van der Waals surface area (Å²) >= 11 is 0. The van der Waals surface area contributed by atoms with Gasteiger partial charge in [-0.15, -0.1) is 0 Å². The second-order valence-electron chi connectivity index (χ2n) is 6.87. The van der Waals surface area contributed by atoms with E-state index in [0.717, 1.165) is 0 Å². The van der Waals surface area contributed by atoms with Crippen molar-refractivity contribution in [1.82, 2.24) is 0 Å². The SMILES string of the molecule is COc1cc2c(-c3ccc(C(=O)O)c(C(=O)O)c3)c3cc(OC)c(=O)cc-3oc2cc1O. The minimum absolute atomic E-state index is 0.0413. The van der Waals surface area contributed by atoms with Crippen LogP contribution in [0, 0.1) is 0 Å². The van der Waals surface area contributed by atoms with E-state index >= 15 is 0 Å². The zero-order chi connectivity index (χ0) is 23.2. The zero-order valence-corrected chi connectivity index (χ0v) is 16.8. The zero-order valence-electron chi connectivity index (χ0n) is 16.8. The Balaban J connectivity index is 2.19. The number of hydrogen-bond donors (Lipinski definition) is 3. The quantitative estimate of drug-likeness (QED) is 0.399. The fraction of sp³-hybridized carbons (Fsp3) is 0.0870. The van der Waals surface area contributed by atoms with Gasteiger partial charge in [-0.2, -0.15) is 0 Å². The van der Waals surface area contributed by atoms with E-state index in [0.29, 0.717) is 22.1 Å². The van der Waals surface area contributed by atoms with Crippen LogP contribution in [0.25, 0.3) is 33.4 Å². The first-order valence-corrected chi connectivity index (χ1v) is 9.21. The molecule has 9 heteroatoms. The second kappa shape index (κ2) is 7.62. The molecule has 0 saturated heterocycles. The predicted molar refractivity (Wildman–Crippen MR) is 113 cm³/mol. The van der Waals surface area contributed by atoms with Gasteiger partial charge in [0, 0.05) is 28.6 Å². The van der Waals surface area contributed by atoms with E-state index in [1.54, 1.807) is 0 Å². The number of rotatable bonds is 5. The molecule has 0 unspecified atom stereocenters. The average molecular weight is 436 g/mol. The number of phenols is 1. The summed E-state index contributed by atoms with van der Waals surface area (Å²) in [7, 11) is 2.71. The summed E-state index contributed by atoms with van der Waals surface area (Å²) in [6.45, 7) is 0. The van der Waals surface area contributed by atoms with Crippen molar-refractivity contribution in [1.29, 1.82) is 0 Å². The van der Waals surface area contributed by atoms with Gasteiger partial charge in [-0.1, -0.05) is 6.07 Å². The van der Waals surface area contributed by atoms with Crippen LogP contribution >= 0.6 is 0 Å². The van der Waals surface area contributed by atoms with Crippen molar-refractivity contribution in [2.24, 2.45) is 0 Å². The molecule has 0 aromatic heterocycles. The lowest BCUT2D eigenvalue weighted by Crippen LogP contribution is -2.09. The molecule has 1 aliphatic carbocycles. The smallest absolute Gasteiger partial charge is 0.336 e. The summed E-state index contributed by atoms with van der Waals surface area (Å²) in [6, 6.07) is 9.39. The van der Waals surface area contributed by atoms with E-state index < -0.39 is 22.9 Å². The van der Waals surface area contributed by atoms with Crippen molar-refractivity contribution >= 4 is 22.9 Å². The van der Waals surface area contributed by atoms with E-state index in [-0.39, 0.29) is 34.2 Å². The van der Waals surface area contributed by atoms with E-state index in [1.807, 2.05) is 0 Å². The van der Waals surface area contributed by atoms with Crippen molar-refractivity contribution in [2.75, 3.05) is 14.2 Å². The van der Waals surface area contributed by atoms with Crippen LogP contribution in [0.5, 0.6) is 17.2 Å². The lowest BCUT2D eigenvalue weighted by Gasteiger charge is -2.17. The summed E-state index contributed by atoms with van der Waals surface area (Å²) in [5, 5.41) is 29.5. The molecule has 2 aromatic rings. The van der Waals surface area contributed by atoms with Crippen LogP contribution in [0.1, 0.15) is 20.7 Å². The van der Waals surface area contributed by atoms with Crippen LogP contribution in [0.2, 0.25) is 0 Å². The van der Waals surface area contributed by atoms with E-state index in [1.165, 1.54) is 56.7 Å². The highest BCUT2D eigenvalue weighted by Crippen LogP contribution is 2.44. The number of aromatic hydroxyl groups is 1. The number of fused-ring (bicyclic) bond motifs is 2. The van der Waals surface area contributed by atoms with Gasteiger partial charge in [0.05, 0.1) is 25.3 Å². The van der Waals surface area contributed by atoms with Crippen molar-refractivity contribution < 1.29 is 38.8 Å². The molecule has 0 bridgehead atoms. The molecule has 9 nitrogen and oxygen atoms in total. The van der Waals surface area contributed by atoms with Crippen molar-refractivity contribution in [3.05, 3.63) is 63.8 Å². The Kier molecular flexibility index (Phi) is 4.94. The van der Waals surface area contributed by atoms with Crippen LogP contribution in [0.4, 0.5) is 0 Å². The molecule has 0 radical (unpaired) electrons. The van der Waals surface area contributed by atoms with Gasteiger partial charge in [0.25, 0.3) is 0 Å². The summed E-state index contributed by atoms with van der Waals surface area (Å²) in [6.07, 6.45) is 0. The molecule has 0 saturated carbocycles. The molecule has 1 aliphatic heterocycles. The van der Waals surface area contributed by atoms with Gasteiger partial charge in [-0.25, -0.2) is 9.59 Å². The maximum Gasteiger partial charge on any atom is 0.336 e. The van der Waals surface area contributed by atoms with Crippen molar-refractivity contribution in [2.45, 2.75) is 0 Å². The van der Waals surface area contributed by atoms with Crippen LogP contribution < -0.4 is 14.9 Å². The third-order valence-electron chi connectivity index (χ3n) is 5.07. The number of benzene rings is 3. The number of ether oxygens (including phenoxy) is 2. The molecule has 2 aliphatic rings. The lowest BCUT2D eigenvalue weighted by atomic mass is 9.91. The lowest BCUT2D eigenvalue weighted by molar-refractivity contribution is 0.0651. The summed E-state index contributed by atoms with van der Waals surface area (Å²) in [5.74, 6) is -2.63. The summed E-state index contributed by atoms with van der Waals surface area (Å²) < 4.78 is 16.2. The van der Waals surface area contributed by atoms with Gasteiger partial charge in [0.15, 0.2) is 17.2 Å². The van der Waals surface area contributed by atoms with E-state index in [9.17, 15) is 29.7 Å². The van der Waals surface area contributed by atoms with Gasteiger partial charge in [0.1, 0.15) is 11.3 Å². The summed E-state index contributed by atoms with van der Waals surface area (Å²) in [4.78, 5) is 35.5. The molecule has 162 valence electrons. The monoisotopic (exact) mass is 436 g/mol. The van der Waals surface area contributed by atoms with Crippen LogP contribution in [-0.4, -0.2) is 41.5 Å². The third-order valence-corrected chi connectivity index (χ3v) is 5.07. The molecule has 4 rings (SSSR count). The Labute approximate surface area is 180 Å². The molecule has 0 atom stereocenters. The normalized spacial score (nSPS) is 10.9. The minimum Gasteiger partial charge on any atom is -0.504 e. The molecule has 3 N–H and O–H groups in total. The maximum absolute atomic E-state index is 12.3. The minimum atomic E-state index is -1.41. The van der Waals surface area contributed by atoms with Gasteiger partial charge in [-0.05, 0) is 29.8 Å². The average Bonchev–Trinajstić information content (AvgIpc) is 2.76. The molecule has 0 amide bonds. The number of carboxylic acid groups (broad SMARTS) is 2. The topological polar surface area (TPSA) is 144 Å². The Hall–Kier alpha value is -4.53. The first-order chi connectivity index (χ1) is 15.2. The van der Waals surface area contributed by atoms with Gasteiger partial charge in [0.2, 0.25) is 5.43 Å². The largest absolute Gasteiger partial charge is 0.504 e. The number of aromatic carboxylic acids is 2. The number of hydrogen-bond acceptors (Lipinski definition) is 7. The molecular weight excluding hydrogens is 420 g/mol. The number of methoxy groups -OCH3 is 2. The number of phenolic OH excluding ortho intramolecular Hbond substituents is 1. The fourth-order valence-corrected chi connectivity index (χ4v) is 3.61. The Morgan fingerprint density at radius 2 is 1.56 bits per heavy atom.